The molecule has 0 aliphatic carbocycles. The van der Waals surface area contributed by atoms with Gasteiger partial charge in [-0.2, -0.15) is 5.10 Å². The molecule has 3 aromatic carbocycles. The molecule has 6 nitrogen and oxygen atoms in total. The molecule has 0 saturated carbocycles. The largest absolute Gasteiger partial charge is 0.461 e. The van der Waals surface area contributed by atoms with Crippen molar-refractivity contribution >= 4 is 17.6 Å². The number of benzene rings is 3. The van der Waals surface area contributed by atoms with E-state index >= 15 is 0 Å². The number of halogens is 3. The smallest absolute Gasteiger partial charge is 0.358 e. The van der Waals surface area contributed by atoms with Crippen molar-refractivity contribution in [1.29, 1.82) is 0 Å². The minimum atomic E-state index is -0.984. The van der Waals surface area contributed by atoms with Gasteiger partial charge in [0.05, 0.1) is 23.6 Å². The van der Waals surface area contributed by atoms with E-state index in [0.29, 0.717) is 28.7 Å². The second-order valence-electron chi connectivity index (χ2n) is 7.18. The Balaban J connectivity index is 1.71. The van der Waals surface area contributed by atoms with Gasteiger partial charge < -0.3 is 10.1 Å². The Bertz CT molecular complexity index is 1370. The van der Waals surface area contributed by atoms with E-state index in [0.717, 1.165) is 12.1 Å². The Morgan fingerprint density at radius 2 is 1.68 bits per heavy atom. The number of carbonyl (C=O) groups is 2. The van der Waals surface area contributed by atoms with Gasteiger partial charge in [0.2, 0.25) is 0 Å². The lowest BCUT2D eigenvalue weighted by atomic mass is 10.1. The van der Waals surface area contributed by atoms with E-state index in [2.05, 4.69) is 10.4 Å². The number of amides is 1. The molecule has 1 amide bonds. The van der Waals surface area contributed by atoms with Gasteiger partial charge in [-0.3, -0.25) is 4.79 Å². The maximum atomic E-state index is 14.0. The van der Waals surface area contributed by atoms with Crippen LogP contribution < -0.4 is 5.32 Å². The van der Waals surface area contributed by atoms with Crippen molar-refractivity contribution in [1.82, 2.24) is 9.78 Å². The van der Waals surface area contributed by atoms with Crippen LogP contribution >= 0.6 is 0 Å². The fourth-order valence-corrected chi connectivity index (χ4v) is 3.30. The number of ether oxygens (including phenoxy) is 1. The summed E-state index contributed by atoms with van der Waals surface area (Å²) in [6.45, 7) is 1.84. The molecule has 0 saturated heterocycles. The molecular formula is C25H18F3N3O3. The average Bonchev–Trinajstić information content (AvgIpc) is 3.25. The SMILES string of the molecule is CCOC(=O)c1cc(-c2cccc(NC(=O)c3ccc(F)cc3F)c2)n(-c2ccc(F)cc2)n1. The second-order valence-corrected chi connectivity index (χ2v) is 7.18. The maximum absolute atomic E-state index is 14.0. The van der Waals surface area contributed by atoms with Crippen LogP contribution in [0.2, 0.25) is 0 Å². The maximum Gasteiger partial charge on any atom is 0.358 e. The normalized spacial score (nSPS) is 10.7. The predicted octanol–water partition coefficient (Wildman–Crippen LogP) is 5.39. The molecule has 34 heavy (non-hydrogen) atoms. The van der Waals surface area contributed by atoms with Gasteiger partial charge >= 0.3 is 5.97 Å². The van der Waals surface area contributed by atoms with E-state index in [1.54, 1.807) is 31.2 Å². The molecule has 0 bridgehead atoms. The Morgan fingerprint density at radius 1 is 0.941 bits per heavy atom. The van der Waals surface area contributed by atoms with Crippen molar-refractivity contribution in [3.63, 3.8) is 0 Å². The topological polar surface area (TPSA) is 73.2 Å². The number of hydrogen-bond acceptors (Lipinski definition) is 4. The van der Waals surface area contributed by atoms with Gasteiger partial charge in [-0.05, 0) is 61.5 Å². The van der Waals surface area contributed by atoms with Crippen molar-refractivity contribution in [2.24, 2.45) is 0 Å². The predicted molar refractivity (Wildman–Crippen MR) is 119 cm³/mol. The van der Waals surface area contributed by atoms with Crippen LogP contribution in [0.25, 0.3) is 16.9 Å². The van der Waals surface area contributed by atoms with Gasteiger partial charge in [-0.25, -0.2) is 22.6 Å². The first-order valence-corrected chi connectivity index (χ1v) is 10.3. The van der Waals surface area contributed by atoms with Gasteiger partial charge in [-0.1, -0.05) is 12.1 Å². The summed E-state index contributed by atoms with van der Waals surface area (Å²) >= 11 is 0. The van der Waals surface area contributed by atoms with E-state index < -0.39 is 29.3 Å². The van der Waals surface area contributed by atoms with Crippen LogP contribution in [0.5, 0.6) is 0 Å². The monoisotopic (exact) mass is 465 g/mol. The van der Waals surface area contributed by atoms with E-state index in [4.69, 9.17) is 4.74 Å². The second kappa shape index (κ2) is 9.62. The first-order chi connectivity index (χ1) is 16.4. The van der Waals surface area contributed by atoms with Crippen LogP contribution in [0.4, 0.5) is 18.9 Å². The Hall–Kier alpha value is -4.40. The van der Waals surface area contributed by atoms with Crippen LogP contribution in [-0.4, -0.2) is 28.3 Å². The van der Waals surface area contributed by atoms with Gasteiger partial charge in [0, 0.05) is 17.3 Å². The summed E-state index contributed by atoms with van der Waals surface area (Å²) in [7, 11) is 0. The zero-order valence-electron chi connectivity index (χ0n) is 17.9. The molecule has 0 radical (unpaired) electrons. The fraction of sp³-hybridized carbons (Fsp3) is 0.0800. The van der Waals surface area contributed by atoms with Crippen LogP contribution in [0.1, 0.15) is 27.8 Å². The number of nitrogens with zero attached hydrogens (tertiary/aromatic N) is 2. The quantitative estimate of drug-likeness (QED) is 0.388. The standard InChI is InChI=1S/C25H18F3N3O3/c1-2-34-25(33)22-14-23(31(30-22)19-9-6-16(26)7-10-19)15-4-3-5-18(12-15)29-24(32)20-11-8-17(27)13-21(20)28/h3-14H,2H2,1H3,(H,29,32). The number of hydrogen-bond donors (Lipinski definition) is 1. The van der Waals surface area contributed by atoms with Crippen LogP contribution in [-0.2, 0) is 4.74 Å². The third kappa shape index (κ3) is 4.83. The highest BCUT2D eigenvalue weighted by Crippen LogP contribution is 2.27. The first kappa shape index (κ1) is 22.8. The average molecular weight is 465 g/mol. The number of esters is 1. The van der Waals surface area contributed by atoms with E-state index in [9.17, 15) is 22.8 Å². The summed E-state index contributed by atoms with van der Waals surface area (Å²) in [6.07, 6.45) is 0. The zero-order chi connectivity index (χ0) is 24.2. The molecule has 4 aromatic rings. The van der Waals surface area contributed by atoms with E-state index in [1.165, 1.54) is 35.0 Å². The first-order valence-electron chi connectivity index (χ1n) is 10.3. The van der Waals surface area contributed by atoms with Crippen LogP contribution in [0.3, 0.4) is 0 Å². The molecule has 0 atom stereocenters. The number of nitrogens with one attached hydrogen (secondary N) is 1. The number of anilines is 1. The zero-order valence-corrected chi connectivity index (χ0v) is 17.9. The molecule has 0 aliphatic heterocycles. The highest BCUT2D eigenvalue weighted by Gasteiger charge is 2.19. The third-order valence-corrected chi connectivity index (χ3v) is 4.86. The molecule has 0 fully saturated rings. The minimum absolute atomic E-state index is 0.0454. The molecule has 1 aromatic heterocycles. The molecule has 1 N–H and O–H groups in total. The third-order valence-electron chi connectivity index (χ3n) is 4.86. The molecule has 0 aliphatic rings. The fourth-order valence-electron chi connectivity index (χ4n) is 3.30. The summed E-state index contributed by atoms with van der Waals surface area (Å²) in [6, 6.07) is 16.3. The molecule has 1 heterocycles. The highest BCUT2D eigenvalue weighted by molar-refractivity contribution is 6.04. The summed E-state index contributed by atoms with van der Waals surface area (Å²) in [5, 5.41) is 6.88. The number of aromatic nitrogens is 2. The molecular weight excluding hydrogens is 447 g/mol. The van der Waals surface area contributed by atoms with Gasteiger partial charge in [-0.15, -0.1) is 0 Å². The van der Waals surface area contributed by atoms with Crippen molar-refractivity contribution < 1.29 is 27.5 Å². The lowest BCUT2D eigenvalue weighted by Gasteiger charge is -2.10. The number of carbonyl (C=O) groups excluding carboxylic acids is 2. The van der Waals surface area contributed by atoms with E-state index in [1.807, 2.05) is 0 Å². The van der Waals surface area contributed by atoms with Crippen LogP contribution in [0, 0.1) is 17.5 Å². The van der Waals surface area contributed by atoms with Gasteiger partial charge in [0.25, 0.3) is 5.91 Å². The minimum Gasteiger partial charge on any atom is -0.461 e. The summed E-state index contributed by atoms with van der Waals surface area (Å²) < 4.78 is 47.0. The molecule has 4 rings (SSSR count). The van der Waals surface area contributed by atoms with Crippen molar-refractivity contribution in [3.05, 3.63) is 102 Å². The van der Waals surface area contributed by atoms with Gasteiger partial charge in [0.1, 0.15) is 17.5 Å². The van der Waals surface area contributed by atoms with Crippen molar-refractivity contribution in [2.45, 2.75) is 6.92 Å². The molecule has 0 spiro atoms. The lowest BCUT2D eigenvalue weighted by molar-refractivity contribution is 0.0518. The summed E-state index contributed by atoms with van der Waals surface area (Å²) in [5.74, 6) is -3.58. The Kier molecular flexibility index (Phi) is 6.44. The van der Waals surface area contributed by atoms with Crippen molar-refractivity contribution in [2.75, 3.05) is 11.9 Å². The summed E-state index contributed by atoms with van der Waals surface area (Å²) in [4.78, 5) is 24.8. The Labute approximate surface area is 192 Å². The molecule has 172 valence electrons. The Morgan fingerprint density at radius 3 is 2.38 bits per heavy atom. The highest BCUT2D eigenvalue weighted by atomic mass is 19.1. The van der Waals surface area contributed by atoms with Crippen molar-refractivity contribution in [3.8, 4) is 16.9 Å². The van der Waals surface area contributed by atoms with E-state index in [-0.39, 0.29) is 17.9 Å². The summed E-state index contributed by atoms with van der Waals surface area (Å²) in [5.41, 5.74) is 1.59. The molecule has 0 unspecified atom stereocenters. The van der Waals surface area contributed by atoms with Gasteiger partial charge in [0.15, 0.2) is 5.69 Å². The lowest BCUT2D eigenvalue weighted by Crippen LogP contribution is -2.14. The molecule has 9 heteroatoms. The number of rotatable bonds is 6. The van der Waals surface area contributed by atoms with Crippen LogP contribution in [0.15, 0.2) is 72.8 Å².